The Morgan fingerprint density at radius 1 is 1.19 bits per heavy atom. The smallest absolute Gasteiger partial charge is 0.244 e. The van der Waals surface area contributed by atoms with E-state index in [0.717, 1.165) is 31.5 Å². The predicted molar refractivity (Wildman–Crippen MR) is 104 cm³/mol. The molecule has 27 heavy (non-hydrogen) atoms. The zero-order chi connectivity index (χ0) is 18.6. The quantitative estimate of drug-likeness (QED) is 0.790. The van der Waals surface area contributed by atoms with Gasteiger partial charge < -0.3 is 9.64 Å². The molecule has 1 atom stereocenters. The van der Waals surface area contributed by atoms with Gasteiger partial charge in [0, 0.05) is 25.5 Å². The zero-order valence-corrected chi connectivity index (χ0v) is 15.9. The molecule has 1 unspecified atom stereocenters. The van der Waals surface area contributed by atoms with Gasteiger partial charge in [-0.3, -0.25) is 14.7 Å². The van der Waals surface area contributed by atoms with Crippen molar-refractivity contribution in [2.75, 3.05) is 26.2 Å². The van der Waals surface area contributed by atoms with Crippen molar-refractivity contribution >= 4 is 5.91 Å². The van der Waals surface area contributed by atoms with E-state index in [-0.39, 0.29) is 18.1 Å². The molecule has 0 aliphatic carbocycles. The van der Waals surface area contributed by atoms with Crippen LogP contribution in [0.5, 0.6) is 0 Å². The Labute approximate surface area is 161 Å². The minimum atomic E-state index is -0.210. The van der Waals surface area contributed by atoms with Gasteiger partial charge in [0.25, 0.3) is 0 Å². The largest absolute Gasteiger partial charge is 0.370 e. The fourth-order valence-corrected chi connectivity index (χ4v) is 3.92. The minimum Gasteiger partial charge on any atom is -0.370 e. The zero-order valence-electron chi connectivity index (χ0n) is 15.9. The number of likely N-dealkylation sites (tertiary alicyclic amines) is 2. The first-order valence-corrected chi connectivity index (χ1v) is 9.81. The number of amides is 1. The van der Waals surface area contributed by atoms with Crippen LogP contribution in [-0.2, 0) is 16.1 Å². The van der Waals surface area contributed by atoms with Crippen LogP contribution in [0.15, 0.2) is 48.8 Å². The third kappa shape index (κ3) is 4.04. The van der Waals surface area contributed by atoms with Crippen LogP contribution >= 0.6 is 0 Å². The Kier molecular flexibility index (Phi) is 5.50. The van der Waals surface area contributed by atoms with E-state index in [0.29, 0.717) is 19.7 Å². The average molecular weight is 365 g/mol. The molecule has 1 aromatic heterocycles. The molecule has 0 spiro atoms. The minimum absolute atomic E-state index is 0.127. The fourth-order valence-electron chi connectivity index (χ4n) is 3.92. The summed E-state index contributed by atoms with van der Waals surface area (Å²) in [7, 11) is 0. The molecule has 2 aromatic rings. The monoisotopic (exact) mass is 365 g/mol. The van der Waals surface area contributed by atoms with Gasteiger partial charge >= 0.3 is 0 Å². The molecule has 1 aromatic carbocycles. The number of carbonyl (C=O) groups excluding carboxylic acids is 1. The number of aromatic nitrogens is 1. The predicted octanol–water partition coefficient (Wildman–Crippen LogP) is 2.95. The SMILES string of the molecule is Cc1ccccc1COC1CN(C(=O)C(c2cccnc2)N2CCCC2)C1. The highest BCUT2D eigenvalue weighted by molar-refractivity contribution is 5.84. The highest BCUT2D eigenvalue weighted by Crippen LogP contribution is 2.29. The third-order valence-electron chi connectivity index (χ3n) is 5.64. The van der Waals surface area contributed by atoms with Gasteiger partial charge in [0.15, 0.2) is 0 Å². The van der Waals surface area contributed by atoms with E-state index in [1.807, 2.05) is 35.4 Å². The highest BCUT2D eigenvalue weighted by atomic mass is 16.5. The van der Waals surface area contributed by atoms with Crippen molar-refractivity contribution in [1.82, 2.24) is 14.8 Å². The number of hydrogen-bond acceptors (Lipinski definition) is 4. The van der Waals surface area contributed by atoms with Crippen molar-refractivity contribution in [3.63, 3.8) is 0 Å². The molecule has 2 aliphatic heterocycles. The molecule has 2 saturated heterocycles. The van der Waals surface area contributed by atoms with Crippen molar-refractivity contribution < 1.29 is 9.53 Å². The van der Waals surface area contributed by atoms with E-state index in [9.17, 15) is 4.79 Å². The maximum Gasteiger partial charge on any atom is 0.244 e. The van der Waals surface area contributed by atoms with Crippen LogP contribution in [-0.4, -0.2) is 53.0 Å². The van der Waals surface area contributed by atoms with Gasteiger partial charge in [0.05, 0.1) is 12.7 Å². The Morgan fingerprint density at radius 2 is 1.96 bits per heavy atom. The second-order valence-electron chi connectivity index (χ2n) is 7.53. The normalized spacial score (nSPS) is 19.1. The molecular formula is C22H27N3O2. The van der Waals surface area contributed by atoms with Crippen LogP contribution in [0.25, 0.3) is 0 Å². The standard InChI is InChI=1S/C22H27N3O2/c1-17-7-2-3-8-19(17)16-27-20-14-25(15-20)22(26)21(24-11-4-5-12-24)18-9-6-10-23-13-18/h2-3,6-10,13,20-21H,4-5,11-12,14-16H2,1H3. The first-order valence-electron chi connectivity index (χ1n) is 9.81. The van der Waals surface area contributed by atoms with Crippen LogP contribution in [0.3, 0.4) is 0 Å². The number of carbonyl (C=O) groups is 1. The van der Waals surface area contributed by atoms with E-state index in [1.165, 1.54) is 11.1 Å². The second kappa shape index (κ2) is 8.19. The molecular weight excluding hydrogens is 338 g/mol. The van der Waals surface area contributed by atoms with Crippen LogP contribution in [0.2, 0.25) is 0 Å². The van der Waals surface area contributed by atoms with Crippen molar-refractivity contribution in [1.29, 1.82) is 0 Å². The number of aryl methyl sites for hydroxylation is 1. The third-order valence-corrected chi connectivity index (χ3v) is 5.64. The van der Waals surface area contributed by atoms with Crippen molar-refractivity contribution in [3.05, 3.63) is 65.5 Å². The Morgan fingerprint density at radius 3 is 2.67 bits per heavy atom. The summed E-state index contributed by atoms with van der Waals surface area (Å²) in [5, 5.41) is 0. The van der Waals surface area contributed by atoms with Gasteiger partial charge in [0.1, 0.15) is 6.04 Å². The molecule has 0 bridgehead atoms. The summed E-state index contributed by atoms with van der Waals surface area (Å²) in [5.74, 6) is 0.181. The van der Waals surface area contributed by atoms with E-state index >= 15 is 0 Å². The van der Waals surface area contributed by atoms with Crippen molar-refractivity contribution in [2.24, 2.45) is 0 Å². The molecule has 2 aliphatic rings. The summed E-state index contributed by atoms with van der Waals surface area (Å²) < 4.78 is 6.02. The van der Waals surface area contributed by atoms with Crippen molar-refractivity contribution in [2.45, 2.75) is 38.5 Å². The fraction of sp³-hybridized carbons (Fsp3) is 0.455. The van der Waals surface area contributed by atoms with Crippen LogP contribution in [0.1, 0.15) is 35.6 Å². The summed E-state index contributed by atoms with van der Waals surface area (Å²) in [4.78, 5) is 21.6. The molecule has 5 heteroatoms. The van der Waals surface area contributed by atoms with E-state index < -0.39 is 0 Å². The van der Waals surface area contributed by atoms with Gasteiger partial charge in [-0.2, -0.15) is 0 Å². The lowest BCUT2D eigenvalue weighted by Gasteiger charge is -2.42. The lowest BCUT2D eigenvalue weighted by atomic mass is 10.0. The van der Waals surface area contributed by atoms with Crippen LogP contribution < -0.4 is 0 Å². The summed E-state index contributed by atoms with van der Waals surface area (Å²) in [6.07, 6.45) is 6.03. The van der Waals surface area contributed by atoms with E-state index in [4.69, 9.17) is 4.74 Å². The summed E-state index contributed by atoms with van der Waals surface area (Å²) in [6, 6.07) is 12.0. The number of nitrogens with zero attached hydrogens (tertiary/aromatic N) is 3. The molecule has 142 valence electrons. The maximum atomic E-state index is 13.2. The number of rotatable bonds is 6. The van der Waals surface area contributed by atoms with Gasteiger partial charge in [-0.1, -0.05) is 30.3 Å². The van der Waals surface area contributed by atoms with Crippen LogP contribution in [0, 0.1) is 6.92 Å². The highest BCUT2D eigenvalue weighted by Gasteiger charge is 2.39. The van der Waals surface area contributed by atoms with Gasteiger partial charge in [-0.25, -0.2) is 0 Å². The Bertz CT molecular complexity index is 768. The maximum absolute atomic E-state index is 13.2. The number of ether oxygens (including phenoxy) is 1. The van der Waals surface area contributed by atoms with Crippen molar-refractivity contribution in [3.8, 4) is 0 Å². The average Bonchev–Trinajstić information content (AvgIpc) is 3.17. The molecule has 5 nitrogen and oxygen atoms in total. The first-order chi connectivity index (χ1) is 13.2. The lowest BCUT2D eigenvalue weighted by molar-refractivity contribution is -0.151. The second-order valence-corrected chi connectivity index (χ2v) is 7.53. The summed E-state index contributed by atoms with van der Waals surface area (Å²) in [5.41, 5.74) is 3.46. The van der Waals surface area contributed by atoms with Crippen LogP contribution in [0.4, 0.5) is 0 Å². The van der Waals surface area contributed by atoms with Gasteiger partial charge in [-0.15, -0.1) is 0 Å². The lowest BCUT2D eigenvalue weighted by Crippen LogP contribution is -2.57. The molecule has 2 fully saturated rings. The number of hydrogen-bond donors (Lipinski definition) is 0. The van der Waals surface area contributed by atoms with E-state index in [2.05, 4.69) is 28.9 Å². The Hall–Kier alpha value is -2.24. The topological polar surface area (TPSA) is 45.7 Å². The molecule has 0 N–H and O–H groups in total. The first kappa shape index (κ1) is 18.1. The van der Waals surface area contributed by atoms with E-state index in [1.54, 1.807) is 6.20 Å². The molecule has 0 radical (unpaired) electrons. The van der Waals surface area contributed by atoms with Gasteiger partial charge in [-0.05, 0) is 55.6 Å². The summed E-state index contributed by atoms with van der Waals surface area (Å²) in [6.45, 7) is 6.02. The number of benzene rings is 1. The summed E-state index contributed by atoms with van der Waals surface area (Å²) >= 11 is 0. The molecule has 0 saturated carbocycles. The number of pyridine rings is 1. The molecule has 4 rings (SSSR count). The Balaban J connectivity index is 1.35. The molecule has 3 heterocycles. The van der Waals surface area contributed by atoms with Gasteiger partial charge in [0.2, 0.25) is 5.91 Å². The molecule has 1 amide bonds.